The van der Waals surface area contributed by atoms with E-state index in [1.54, 1.807) is 0 Å². The summed E-state index contributed by atoms with van der Waals surface area (Å²) >= 11 is 0. The van der Waals surface area contributed by atoms with Crippen LogP contribution in [0.15, 0.2) is 24.3 Å². The van der Waals surface area contributed by atoms with Gasteiger partial charge in [0.05, 0.1) is 0 Å². The highest BCUT2D eigenvalue weighted by Crippen LogP contribution is 2.22. The van der Waals surface area contributed by atoms with Crippen molar-refractivity contribution in [2.24, 2.45) is 0 Å². The van der Waals surface area contributed by atoms with Gasteiger partial charge < -0.3 is 10.4 Å². The minimum Gasteiger partial charge on any atom is -0.481 e. The Kier molecular flexibility index (Phi) is 5.35. The first kappa shape index (κ1) is 14.7. The van der Waals surface area contributed by atoms with Crippen LogP contribution in [0.2, 0.25) is 0 Å². The highest BCUT2D eigenvalue weighted by atomic mass is 16.4. The number of aliphatic carboxylic acids is 1. The van der Waals surface area contributed by atoms with Crippen LogP contribution in [0.3, 0.4) is 0 Å². The van der Waals surface area contributed by atoms with E-state index in [9.17, 15) is 4.79 Å². The van der Waals surface area contributed by atoms with Gasteiger partial charge in [-0.05, 0) is 25.5 Å². The molecular weight excluding hydrogens is 226 g/mol. The summed E-state index contributed by atoms with van der Waals surface area (Å²) in [6, 6.07) is 8.57. The predicted molar refractivity (Wildman–Crippen MR) is 73.9 cm³/mol. The maximum absolute atomic E-state index is 10.4. The van der Waals surface area contributed by atoms with Crippen molar-refractivity contribution in [2.75, 3.05) is 13.1 Å². The Morgan fingerprint density at radius 2 is 1.89 bits per heavy atom. The summed E-state index contributed by atoms with van der Waals surface area (Å²) in [5, 5.41) is 11.9. The van der Waals surface area contributed by atoms with Gasteiger partial charge in [-0.25, -0.2) is 0 Å². The van der Waals surface area contributed by atoms with Gasteiger partial charge in [0.1, 0.15) is 0 Å². The van der Waals surface area contributed by atoms with E-state index in [0.29, 0.717) is 6.42 Å². The lowest BCUT2D eigenvalue weighted by Gasteiger charge is -2.26. The van der Waals surface area contributed by atoms with E-state index >= 15 is 0 Å². The van der Waals surface area contributed by atoms with Gasteiger partial charge in [0.2, 0.25) is 0 Å². The van der Waals surface area contributed by atoms with E-state index in [-0.39, 0.29) is 11.8 Å². The zero-order valence-corrected chi connectivity index (χ0v) is 11.5. The Hall–Kier alpha value is -1.35. The summed E-state index contributed by atoms with van der Waals surface area (Å²) in [5.41, 5.74) is 2.64. The molecule has 0 amide bonds. The van der Waals surface area contributed by atoms with Crippen molar-refractivity contribution in [2.45, 2.75) is 39.0 Å². The molecule has 0 heterocycles. The average Bonchev–Trinajstić information content (AvgIpc) is 2.28. The number of carbonyl (C=O) groups is 1. The summed E-state index contributed by atoms with van der Waals surface area (Å²) in [6.07, 6.45) is 0.914. The normalized spacial score (nSPS) is 11.5. The maximum atomic E-state index is 10.4. The van der Waals surface area contributed by atoms with Gasteiger partial charge in [-0.1, -0.05) is 43.7 Å². The Morgan fingerprint density at radius 3 is 2.44 bits per heavy atom. The topological polar surface area (TPSA) is 49.3 Å². The first-order valence-corrected chi connectivity index (χ1v) is 6.41. The van der Waals surface area contributed by atoms with Gasteiger partial charge in [-0.3, -0.25) is 4.79 Å². The Labute approximate surface area is 109 Å². The lowest BCUT2D eigenvalue weighted by molar-refractivity contribution is -0.137. The van der Waals surface area contributed by atoms with E-state index in [1.165, 1.54) is 11.1 Å². The molecule has 3 nitrogen and oxygen atoms in total. The third-order valence-corrected chi connectivity index (χ3v) is 3.14. The van der Waals surface area contributed by atoms with Gasteiger partial charge >= 0.3 is 5.97 Å². The molecule has 0 spiro atoms. The monoisotopic (exact) mass is 249 g/mol. The van der Waals surface area contributed by atoms with Crippen LogP contribution in [0, 0.1) is 6.92 Å². The van der Waals surface area contributed by atoms with Gasteiger partial charge in [0.25, 0.3) is 0 Å². The Morgan fingerprint density at radius 1 is 1.28 bits per heavy atom. The highest BCUT2D eigenvalue weighted by molar-refractivity contribution is 5.66. The molecule has 0 unspecified atom stereocenters. The van der Waals surface area contributed by atoms with E-state index < -0.39 is 5.97 Å². The number of aryl methyl sites for hydroxylation is 1. The van der Waals surface area contributed by atoms with Crippen LogP contribution in [0.4, 0.5) is 0 Å². The second-order valence-corrected chi connectivity index (χ2v) is 5.42. The summed E-state index contributed by atoms with van der Waals surface area (Å²) in [7, 11) is 0. The minimum absolute atomic E-state index is 0.0664. The van der Waals surface area contributed by atoms with E-state index in [0.717, 1.165) is 13.1 Å². The van der Waals surface area contributed by atoms with Crippen LogP contribution in [-0.4, -0.2) is 24.2 Å². The molecule has 0 aliphatic rings. The highest BCUT2D eigenvalue weighted by Gasteiger charge is 2.19. The van der Waals surface area contributed by atoms with Crippen molar-refractivity contribution in [3.63, 3.8) is 0 Å². The molecule has 100 valence electrons. The molecule has 0 aliphatic carbocycles. The fourth-order valence-corrected chi connectivity index (χ4v) is 1.87. The SMILES string of the molecule is Cc1ccc(C(C)(C)CNCCCC(=O)O)cc1. The van der Waals surface area contributed by atoms with Crippen LogP contribution < -0.4 is 5.32 Å². The number of hydrogen-bond donors (Lipinski definition) is 2. The molecule has 0 saturated carbocycles. The van der Waals surface area contributed by atoms with Gasteiger partial charge in [0, 0.05) is 18.4 Å². The third kappa shape index (κ3) is 4.88. The molecule has 0 aromatic heterocycles. The summed E-state index contributed by atoms with van der Waals surface area (Å²) in [4.78, 5) is 10.4. The predicted octanol–water partition coefficient (Wildman–Crippen LogP) is 2.73. The molecule has 0 atom stereocenters. The molecule has 0 radical (unpaired) electrons. The molecule has 0 fully saturated rings. The lowest BCUT2D eigenvalue weighted by atomic mass is 9.84. The number of carboxylic acid groups (broad SMARTS) is 1. The van der Waals surface area contributed by atoms with E-state index in [4.69, 9.17) is 5.11 Å². The van der Waals surface area contributed by atoms with Crippen molar-refractivity contribution in [3.8, 4) is 0 Å². The molecule has 0 bridgehead atoms. The smallest absolute Gasteiger partial charge is 0.303 e. The van der Waals surface area contributed by atoms with Crippen LogP contribution in [-0.2, 0) is 10.2 Å². The zero-order chi connectivity index (χ0) is 13.6. The van der Waals surface area contributed by atoms with Gasteiger partial charge in [-0.15, -0.1) is 0 Å². The molecule has 1 aromatic carbocycles. The average molecular weight is 249 g/mol. The molecule has 1 rings (SSSR count). The molecule has 0 saturated heterocycles. The van der Waals surface area contributed by atoms with Crippen molar-refractivity contribution < 1.29 is 9.90 Å². The number of benzene rings is 1. The minimum atomic E-state index is -0.727. The third-order valence-electron chi connectivity index (χ3n) is 3.14. The second-order valence-electron chi connectivity index (χ2n) is 5.42. The van der Waals surface area contributed by atoms with Gasteiger partial charge in [0.15, 0.2) is 0 Å². The number of nitrogens with one attached hydrogen (secondary N) is 1. The largest absolute Gasteiger partial charge is 0.481 e. The fraction of sp³-hybridized carbons (Fsp3) is 0.533. The van der Waals surface area contributed by atoms with Crippen LogP contribution in [0.25, 0.3) is 0 Å². The Bertz CT molecular complexity index is 382. The molecule has 3 heteroatoms. The van der Waals surface area contributed by atoms with Crippen LogP contribution in [0.5, 0.6) is 0 Å². The fourth-order valence-electron chi connectivity index (χ4n) is 1.87. The number of rotatable bonds is 7. The summed E-state index contributed by atoms with van der Waals surface area (Å²) in [5.74, 6) is -0.727. The summed E-state index contributed by atoms with van der Waals surface area (Å²) in [6.45, 7) is 8.09. The number of carboxylic acids is 1. The Balaban J connectivity index is 2.39. The maximum Gasteiger partial charge on any atom is 0.303 e. The van der Waals surface area contributed by atoms with Crippen molar-refractivity contribution >= 4 is 5.97 Å². The first-order valence-electron chi connectivity index (χ1n) is 6.41. The van der Waals surface area contributed by atoms with Crippen molar-refractivity contribution in [1.82, 2.24) is 5.32 Å². The first-order chi connectivity index (χ1) is 8.42. The van der Waals surface area contributed by atoms with E-state index in [2.05, 4.69) is 50.4 Å². The van der Waals surface area contributed by atoms with Crippen LogP contribution >= 0.6 is 0 Å². The second kappa shape index (κ2) is 6.55. The number of hydrogen-bond acceptors (Lipinski definition) is 2. The quantitative estimate of drug-likeness (QED) is 0.730. The lowest BCUT2D eigenvalue weighted by Crippen LogP contribution is -2.33. The van der Waals surface area contributed by atoms with Gasteiger partial charge in [-0.2, -0.15) is 0 Å². The standard InChI is InChI=1S/C15H23NO2/c1-12-6-8-13(9-7-12)15(2,3)11-16-10-4-5-14(17)18/h6-9,16H,4-5,10-11H2,1-3H3,(H,17,18). The molecule has 1 aromatic rings. The van der Waals surface area contributed by atoms with E-state index in [1.807, 2.05) is 0 Å². The molecular formula is C15H23NO2. The molecule has 18 heavy (non-hydrogen) atoms. The van der Waals surface area contributed by atoms with Crippen molar-refractivity contribution in [3.05, 3.63) is 35.4 Å². The van der Waals surface area contributed by atoms with Crippen LogP contribution in [0.1, 0.15) is 37.8 Å². The van der Waals surface area contributed by atoms with Crippen molar-refractivity contribution in [1.29, 1.82) is 0 Å². The zero-order valence-electron chi connectivity index (χ0n) is 11.5. The molecule has 2 N–H and O–H groups in total. The molecule has 0 aliphatic heterocycles. The summed E-state index contributed by atoms with van der Waals surface area (Å²) < 4.78 is 0.